The largest absolute Gasteiger partial charge is 0.444 e. The molecule has 3 aromatic rings. The summed E-state index contributed by atoms with van der Waals surface area (Å²) in [6, 6.07) is 28.3. The van der Waals surface area contributed by atoms with Crippen LogP contribution in [0.1, 0.15) is 43.9 Å². The number of ether oxygens (including phenoxy) is 6. The molecule has 1 fully saturated rings. The highest BCUT2D eigenvalue weighted by molar-refractivity contribution is 5.70. The van der Waals surface area contributed by atoms with E-state index in [1.807, 2.05) is 112 Å². The van der Waals surface area contributed by atoms with Crippen LogP contribution in [0, 0.1) is 0 Å². The van der Waals surface area contributed by atoms with Gasteiger partial charge in [-0.05, 0) is 43.9 Å². The summed E-state index contributed by atoms with van der Waals surface area (Å²) in [5.74, 6) is 0. The van der Waals surface area contributed by atoms with Crippen LogP contribution in [0.15, 0.2) is 91.0 Å². The fraction of sp³-hybridized carbons (Fsp3) is 0.472. The van der Waals surface area contributed by atoms with Crippen LogP contribution in [-0.2, 0) is 48.2 Å². The van der Waals surface area contributed by atoms with E-state index in [4.69, 9.17) is 28.4 Å². The molecule has 9 heteroatoms. The van der Waals surface area contributed by atoms with E-state index in [0.717, 1.165) is 16.7 Å². The number of hydrogen-bond donors (Lipinski definition) is 1. The zero-order valence-electron chi connectivity index (χ0n) is 26.7. The van der Waals surface area contributed by atoms with Crippen molar-refractivity contribution in [2.24, 2.45) is 0 Å². The Morgan fingerprint density at radius 3 is 1.80 bits per heavy atom. The zero-order chi connectivity index (χ0) is 32.1. The van der Waals surface area contributed by atoms with Crippen molar-refractivity contribution in [2.45, 2.75) is 83.0 Å². The number of likely N-dealkylation sites (tertiary alicyclic amines) is 1. The summed E-state index contributed by atoms with van der Waals surface area (Å²) in [4.78, 5) is 15.8. The molecule has 0 saturated carbocycles. The lowest BCUT2D eigenvalue weighted by atomic mass is 10.0. The van der Waals surface area contributed by atoms with Gasteiger partial charge in [0, 0.05) is 13.7 Å². The molecule has 0 spiro atoms. The second kappa shape index (κ2) is 17.4. The van der Waals surface area contributed by atoms with Crippen LogP contribution in [0.5, 0.6) is 0 Å². The third kappa shape index (κ3) is 10.4. The normalized spacial score (nSPS) is 20.7. The number of nitrogens with zero attached hydrogens (tertiary/aromatic N) is 1. The van der Waals surface area contributed by atoms with Crippen molar-refractivity contribution in [1.29, 1.82) is 0 Å². The second-order valence-corrected chi connectivity index (χ2v) is 12.1. The lowest BCUT2D eigenvalue weighted by Crippen LogP contribution is -2.53. The average Bonchev–Trinajstić information content (AvgIpc) is 3.34. The highest BCUT2D eigenvalue weighted by Crippen LogP contribution is 2.37. The molecule has 4 rings (SSSR count). The molecule has 0 aliphatic carbocycles. The molecule has 1 heterocycles. The first kappa shape index (κ1) is 34.6. The molecule has 1 saturated heterocycles. The molecule has 0 radical (unpaired) electrons. The van der Waals surface area contributed by atoms with Gasteiger partial charge in [-0.1, -0.05) is 91.0 Å². The third-order valence-corrected chi connectivity index (χ3v) is 7.49. The maximum Gasteiger partial charge on any atom is 0.411 e. The highest BCUT2D eigenvalue weighted by Gasteiger charge is 2.56. The van der Waals surface area contributed by atoms with Gasteiger partial charge in [-0.25, -0.2) is 4.79 Å². The number of aliphatic hydroxyl groups excluding tert-OH is 1. The molecule has 1 unspecified atom stereocenters. The molecule has 3 aromatic carbocycles. The van der Waals surface area contributed by atoms with Crippen LogP contribution in [0.2, 0.25) is 0 Å². The topological polar surface area (TPSA) is 95.9 Å². The Labute approximate surface area is 267 Å². The Hall–Kier alpha value is -3.31. The van der Waals surface area contributed by atoms with Gasteiger partial charge in [0.2, 0.25) is 0 Å². The van der Waals surface area contributed by atoms with Gasteiger partial charge >= 0.3 is 6.09 Å². The van der Waals surface area contributed by atoms with Crippen LogP contribution >= 0.6 is 0 Å². The van der Waals surface area contributed by atoms with E-state index in [0.29, 0.717) is 13.2 Å². The van der Waals surface area contributed by atoms with Crippen LogP contribution in [0.25, 0.3) is 0 Å². The Bertz CT molecular complexity index is 1250. The summed E-state index contributed by atoms with van der Waals surface area (Å²) in [7, 11) is 1.53. The number of carbonyl (C=O) groups excluding carboxylic acids is 1. The van der Waals surface area contributed by atoms with Crippen LogP contribution in [0.3, 0.4) is 0 Å². The molecule has 244 valence electrons. The minimum absolute atomic E-state index is 0.0283. The van der Waals surface area contributed by atoms with E-state index in [-0.39, 0.29) is 33.0 Å². The fourth-order valence-corrected chi connectivity index (χ4v) is 5.53. The third-order valence-electron chi connectivity index (χ3n) is 7.49. The summed E-state index contributed by atoms with van der Waals surface area (Å²) in [5, 5.41) is 10.1. The van der Waals surface area contributed by atoms with Crippen molar-refractivity contribution >= 4 is 6.09 Å². The number of rotatable bonds is 16. The predicted octanol–water partition coefficient (Wildman–Crippen LogP) is 5.73. The number of methoxy groups -OCH3 is 1. The van der Waals surface area contributed by atoms with Gasteiger partial charge < -0.3 is 33.5 Å². The molecular formula is C36H47NO8. The molecule has 0 bridgehead atoms. The van der Waals surface area contributed by atoms with E-state index in [2.05, 4.69) is 0 Å². The van der Waals surface area contributed by atoms with Gasteiger partial charge in [0.1, 0.15) is 24.6 Å². The van der Waals surface area contributed by atoms with Crippen molar-refractivity contribution in [2.75, 3.05) is 27.1 Å². The Morgan fingerprint density at radius 1 is 0.800 bits per heavy atom. The first-order chi connectivity index (χ1) is 21.8. The minimum atomic E-state index is -0.764. The number of hydrogen-bond acceptors (Lipinski definition) is 8. The van der Waals surface area contributed by atoms with E-state index >= 15 is 0 Å². The van der Waals surface area contributed by atoms with Crippen LogP contribution < -0.4 is 0 Å². The SMILES string of the molecule is COCO[C@@H](CCO)C1[C@@H](OCc2ccccc2)[C@H](OCc2ccccc2)[C@@H](COCc2ccccc2)N1C(=O)OC(C)(C)C. The van der Waals surface area contributed by atoms with Gasteiger partial charge in [-0.15, -0.1) is 0 Å². The molecule has 0 aromatic heterocycles. The standard InChI is InChI=1S/C36H47NO8/c1-36(2,3)45-35(39)37-30(25-41-22-27-14-8-5-9-15-27)33(42-23-28-16-10-6-11-17-28)34(43-24-29-18-12-7-13-19-29)32(37)31(20-21-38)44-26-40-4/h5-19,30-34,38H,20-26H2,1-4H3/t30-,31+,32?,33-,34-/m1/s1. The molecule has 1 aliphatic rings. The molecule has 9 nitrogen and oxygen atoms in total. The van der Waals surface area contributed by atoms with Gasteiger partial charge in [0.05, 0.1) is 44.6 Å². The molecular weight excluding hydrogens is 574 g/mol. The monoisotopic (exact) mass is 621 g/mol. The second-order valence-electron chi connectivity index (χ2n) is 12.1. The molecule has 1 aliphatic heterocycles. The predicted molar refractivity (Wildman–Crippen MR) is 170 cm³/mol. The number of amides is 1. The first-order valence-corrected chi connectivity index (χ1v) is 15.5. The lowest BCUT2D eigenvalue weighted by molar-refractivity contribution is -0.133. The maximum absolute atomic E-state index is 14.1. The Kier molecular flexibility index (Phi) is 13.4. The van der Waals surface area contributed by atoms with Crippen molar-refractivity contribution in [3.05, 3.63) is 108 Å². The van der Waals surface area contributed by atoms with Crippen molar-refractivity contribution in [3.8, 4) is 0 Å². The zero-order valence-corrected chi connectivity index (χ0v) is 26.7. The summed E-state index contributed by atoms with van der Waals surface area (Å²) < 4.78 is 37.0. The molecule has 45 heavy (non-hydrogen) atoms. The summed E-state index contributed by atoms with van der Waals surface area (Å²) >= 11 is 0. The Morgan fingerprint density at radius 2 is 1.31 bits per heavy atom. The van der Waals surface area contributed by atoms with Gasteiger partial charge in [-0.2, -0.15) is 0 Å². The smallest absolute Gasteiger partial charge is 0.411 e. The number of aliphatic hydroxyl groups is 1. The van der Waals surface area contributed by atoms with Crippen molar-refractivity contribution in [3.63, 3.8) is 0 Å². The van der Waals surface area contributed by atoms with Crippen molar-refractivity contribution in [1.82, 2.24) is 4.90 Å². The minimum Gasteiger partial charge on any atom is -0.444 e. The van der Waals surface area contributed by atoms with E-state index in [1.165, 1.54) is 7.11 Å². The fourth-order valence-electron chi connectivity index (χ4n) is 5.53. The van der Waals surface area contributed by atoms with Crippen LogP contribution in [0.4, 0.5) is 4.79 Å². The Balaban J connectivity index is 1.74. The average molecular weight is 622 g/mol. The molecule has 1 N–H and O–H groups in total. The summed E-state index contributed by atoms with van der Waals surface area (Å²) in [6.45, 7) is 6.38. The highest BCUT2D eigenvalue weighted by atomic mass is 16.7. The first-order valence-electron chi connectivity index (χ1n) is 15.5. The van der Waals surface area contributed by atoms with Gasteiger partial charge in [0.15, 0.2) is 0 Å². The van der Waals surface area contributed by atoms with Crippen molar-refractivity contribution < 1.29 is 38.3 Å². The van der Waals surface area contributed by atoms with Gasteiger partial charge in [-0.3, -0.25) is 4.90 Å². The quantitative estimate of drug-likeness (QED) is 0.203. The summed E-state index contributed by atoms with van der Waals surface area (Å²) in [6.07, 6.45) is -2.22. The van der Waals surface area contributed by atoms with Crippen LogP contribution in [-0.4, -0.2) is 79.2 Å². The van der Waals surface area contributed by atoms with E-state index < -0.39 is 42.1 Å². The lowest BCUT2D eigenvalue weighted by Gasteiger charge is -2.36. The van der Waals surface area contributed by atoms with E-state index in [9.17, 15) is 9.90 Å². The molecule has 5 atom stereocenters. The maximum atomic E-state index is 14.1. The van der Waals surface area contributed by atoms with E-state index in [1.54, 1.807) is 4.90 Å². The molecule has 1 amide bonds. The number of carbonyl (C=O) groups is 1. The summed E-state index contributed by atoms with van der Waals surface area (Å²) in [5.41, 5.74) is 2.21. The van der Waals surface area contributed by atoms with Gasteiger partial charge in [0.25, 0.3) is 0 Å². The number of benzene rings is 3.